The van der Waals surface area contributed by atoms with E-state index in [9.17, 15) is 18.8 Å². The van der Waals surface area contributed by atoms with Gasteiger partial charge < -0.3 is 5.11 Å². The Hall–Kier alpha value is -1.75. The number of carboxylic acids is 1. The van der Waals surface area contributed by atoms with Gasteiger partial charge in [-0.3, -0.25) is 9.59 Å². The van der Waals surface area contributed by atoms with Gasteiger partial charge in [-0.15, -0.1) is 0 Å². The van der Waals surface area contributed by atoms with E-state index in [-0.39, 0.29) is 10.6 Å². The first kappa shape index (κ1) is 12.3. The van der Waals surface area contributed by atoms with Crippen LogP contribution in [-0.4, -0.2) is 22.6 Å². The molecule has 0 aromatic heterocycles. The molecule has 0 aliphatic carbocycles. The molecule has 84 valence electrons. The topological polar surface area (TPSA) is 71.4 Å². The first-order chi connectivity index (χ1) is 7.41. The van der Waals surface area contributed by atoms with Gasteiger partial charge in [-0.25, -0.2) is 9.18 Å². The van der Waals surface area contributed by atoms with E-state index in [0.717, 1.165) is 12.1 Å². The molecule has 0 aliphatic heterocycles. The summed E-state index contributed by atoms with van der Waals surface area (Å²) in [5.41, 5.74) is -0.348. The lowest BCUT2D eigenvalue weighted by molar-refractivity contribution is -0.148. The van der Waals surface area contributed by atoms with E-state index < -0.39 is 29.8 Å². The predicted molar refractivity (Wildman–Crippen MR) is 53.0 cm³/mol. The Morgan fingerprint density at radius 2 is 1.94 bits per heavy atom. The lowest BCUT2D eigenvalue weighted by Crippen LogP contribution is -2.17. The third-order valence-corrected chi connectivity index (χ3v) is 2.03. The van der Waals surface area contributed by atoms with E-state index >= 15 is 0 Å². The summed E-state index contributed by atoms with van der Waals surface area (Å²) in [4.78, 5) is 32.2. The smallest absolute Gasteiger partial charge is 0.372 e. The molecule has 0 saturated carbocycles. The number of benzene rings is 1. The summed E-state index contributed by atoms with van der Waals surface area (Å²) in [5.74, 6) is -4.76. The van der Waals surface area contributed by atoms with Gasteiger partial charge in [0.2, 0.25) is 5.78 Å². The van der Waals surface area contributed by atoms with Crippen LogP contribution in [0, 0.1) is 5.82 Å². The van der Waals surface area contributed by atoms with Crippen LogP contribution in [0.4, 0.5) is 4.39 Å². The van der Waals surface area contributed by atoms with E-state index in [0.29, 0.717) is 0 Å². The summed E-state index contributed by atoms with van der Waals surface area (Å²) in [7, 11) is 0. The van der Waals surface area contributed by atoms with Gasteiger partial charge in [0.15, 0.2) is 5.78 Å². The molecule has 1 N–H and O–H groups in total. The Bertz CT molecular complexity index is 470. The maximum Gasteiger partial charge on any atom is 0.372 e. The molecule has 0 fully saturated rings. The minimum atomic E-state index is -1.72. The van der Waals surface area contributed by atoms with Gasteiger partial charge in [-0.2, -0.15) is 0 Å². The van der Waals surface area contributed by atoms with Crippen LogP contribution in [0.2, 0.25) is 5.02 Å². The molecule has 0 bridgehead atoms. The van der Waals surface area contributed by atoms with Crippen molar-refractivity contribution in [1.82, 2.24) is 0 Å². The van der Waals surface area contributed by atoms with Crippen LogP contribution in [0.3, 0.4) is 0 Å². The molecule has 0 unspecified atom stereocenters. The average molecular weight is 245 g/mol. The molecule has 16 heavy (non-hydrogen) atoms. The number of carbonyl (C=O) groups is 3. The number of hydrogen-bond donors (Lipinski definition) is 1. The van der Waals surface area contributed by atoms with Gasteiger partial charge in [0.1, 0.15) is 5.82 Å². The standard InChI is InChI=1S/C10H6ClFO4/c11-5-1-2-6(7(12)3-5)8(13)4-9(14)10(15)16/h1-3H,4H2,(H,15,16). The van der Waals surface area contributed by atoms with Gasteiger partial charge in [-0.05, 0) is 18.2 Å². The summed E-state index contributed by atoms with van der Waals surface area (Å²) in [6, 6.07) is 3.30. The van der Waals surface area contributed by atoms with Crippen molar-refractivity contribution >= 4 is 29.1 Å². The Kier molecular flexibility index (Phi) is 3.73. The van der Waals surface area contributed by atoms with Crippen LogP contribution in [0.25, 0.3) is 0 Å². The average Bonchev–Trinajstić information content (AvgIpc) is 2.16. The molecule has 0 radical (unpaired) electrons. The molecule has 0 amide bonds. The SMILES string of the molecule is O=C(O)C(=O)CC(=O)c1ccc(Cl)cc1F. The molecule has 1 aromatic rings. The monoisotopic (exact) mass is 244 g/mol. The fourth-order valence-electron chi connectivity index (χ4n) is 1.03. The van der Waals surface area contributed by atoms with Crippen LogP contribution in [0.1, 0.15) is 16.8 Å². The van der Waals surface area contributed by atoms with Gasteiger partial charge >= 0.3 is 5.97 Å². The van der Waals surface area contributed by atoms with Crippen molar-refractivity contribution in [2.45, 2.75) is 6.42 Å². The number of ketones is 2. The quantitative estimate of drug-likeness (QED) is 0.497. The van der Waals surface area contributed by atoms with Crippen molar-refractivity contribution in [2.24, 2.45) is 0 Å². The maximum atomic E-state index is 13.2. The highest BCUT2D eigenvalue weighted by molar-refractivity contribution is 6.37. The van der Waals surface area contributed by atoms with Crippen molar-refractivity contribution in [3.8, 4) is 0 Å². The molecular formula is C10H6ClFO4. The number of halogens is 2. The van der Waals surface area contributed by atoms with E-state index in [2.05, 4.69) is 0 Å². The Labute approximate surface area is 94.6 Å². The fourth-order valence-corrected chi connectivity index (χ4v) is 1.19. The summed E-state index contributed by atoms with van der Waals surface area (Å²) in [6.45, 7) is 0. The zero-order valence-corrected chi connectivity index (χ0v) is 8.62. The van der Waals surface area contributed by atoms with Crippen molar-refractivity contribution in [3.63, 3.8) is 0 Å². The number of carbonyl (C=O) groups excluding carboxylic acids is 2. The molecular weight excluding hydrogens is 239 g/mol. The van der Waals surface area contributed by atoms with Gasteiger partial charge in [-0.1, -0.05) is 11.6 Å². The number of carboxylic acid groups (broad SMARTS) is 1. The molecule has 0 aliphatic rings. The van der Waals surface area contributed by atoms with E-state index in [1.54, 1.807) is 0 Å². The summed E-state index contributed by atoms with van der Waals surface area (Å²) in [5, 5.41) is 8.38. The summed E-state index contributed by atoms with van der Waals surface area (Å²) in [6.07, 6.45) is -0.867. The molecule has 4 nitrogen and oxygen atoms in total. The molecule has 0 saturated heterocycles. The largest absolute Gasteiger partial charge is 0.475 e. The van der Waals surface area contributed by atoms with Gasteiger partial charge in [0.25, 0.3) is 0 Å². The maximum absolute atomic E-state index is 13.2. The van der Waals surface area contributed by atoms with E-state index in [4.69, 9.17) is 16.7 Å². The van der Waals surface area contributed by atoms with Gasteiger partial charge in [0.05, 0.1) is 12.0 Å². The lowest BCUT2D eigenvalue weighted by Gasteiger charge is -2.00. The third-order valence-electron chi connectivity index (χ3n) is 1.79. The van der Waals surface area contributed by atoms with Crippen LogP contribution in [0.15, 0.2) is 18.2 Å². The van der Waals surface area contributed by atoms with Crippen LogP contribution in [0.5, 0.6) is 0 Å². The van der Waals surface area contributed by atoms with Crippen LogP contribution < -0.4 is 0 Å². The Balaban J connectivity index is 2.89. The van der Waals surface area contributed by atoms with Crippen LogP contribution >= 0.6 is 11.6 Å². The normalized spacial score (nSPS) is 9.88. The molecule has 6 heteroatoms. The highest BCUT2D eigenvalue weighted by Gasteiger charge is 2.20. The minimum Gasteiger partial charge on any atom is -0.475 e. The zero-order chi connectivity index (χ0) is 12.3. The lowest BCUT2D eigenvalue weighted by atomic mass is 10.1. The van der Waals surface area contributed by atoms with Crippen molar-refractivity contribution in [2.75, 3.05) is 0 Å². The molecule has 0 heterocycles. The van der Waals surface area contributed by atoms with E-state index in [1.807, 2.05) is 0 Å². The van der Waals surface area contributed by atoms with E-state index in [1.165, 1.54) is 6.07 Å². The highest BCUT2D eigenvalue weighted by atomic mass is 35.5. The van der Waals surface area contributed by atoms with Crippen molar-refractivity contribution < 1.29 is 23.9 Å². The second-order valence-corrected chi connectivity index (χ2v) is 3.39. The number of hydrogen-bond acceptors (Lipinski definition) is 3. The second-order valence-electron chi connectivity index (χ2n) is 2.95. The summed E-state index contributed by atoms with van der Waals surface area (Å²) >= 11 is 5.47. The van der Waals surface area contributed by atoms with Crippen LogP contribution in [-0.2, 0) is 9.59 Å². The Morgan fingerprint density at radius 3 is 2.44 bits per heavy atom. The molecule has 1 rings (SSSR count). The number of Topliss-reactive ketones (excluding diaryl/α,β-unsaturated/α-hetero) is 2. The zero-order valence-electron chi connectivity index (χ0n) is 7.87. The Morgan fingerprint density at radius 1 is 1.31 bits per heavy atom. The summed E-state index contributed by atoms with van der Waals surface area (Å²) < 4.78 is 13.2. The predicted octanol–water partition coefficient (Wildman–Crippen LogP) is 1.71. The molecule has 1 aromatic carbocycles. The fraction of sp³-hybridized carbons (Fsp3) is 0.100. The van der Waals surface area contributed by atoms with Crippen molar-refractivity contribution in [1.29, 1.82) is 0 Å². The highest BCUT2D eigenvalue weighted by Crippen LogP contribution is 2.16. The second kappa shape index (κ2) is 4.85. The van der Waals surface area contributed by atoms with Crippen molar-refractivity contribution in [3.05, 3.63) is 34.6 Å². The molecule has 0 spiro atoms. The van der Waals surface area contributed by atoms with Gasteiger partial charge in [0, 0.05) is 5.02 Å². The first-order valence-corrected chi connectivity index (χ1v) is 4.54. The number of rotatable bonds is 4. The first-order valence-electron chi connectivity index (χ1n) is 4.16. The molecule has 0 atom stereocenters. The minimum absolute atomic E-state index is 0.110. The third kappa shape index (κ3) is 2.87. The number of aliphatic carboxylic acids is 1.